The molecule has 7 heteroatoms. The van der Waals surface area contributed by atoms with Crippen LogP contribution in [0.4, 0.5) is 5.69 Å². The van der Waals surface area contributed by atoms with Crippen LogP contribution in [0.25, 0.3) is 0 Å². The van der Waals surface area contributed by atoms with Gasteiger partial charge >= 0.3 is 5.97 Å². The third kappa shape index (κ3) is 5.12. The number of hydrogen-bond donors (Lipinski definition) is 1. The average molecular weight is 364 g/mol. The van der Waals surface area contributed by atoms with Crippen LogP contribution in [-0.4, -0.2) is 32.2 Å². The Morgan fingerprint density at radius 1 is 1.00 bits per heavy atom. The summed E-state index contributed by atoms with van der Waals surface area (Å²) >= 11 is 5.79. The van der Waals surface area contributed by atoms with E-state index in [0.29, 0.717) is 22.2 Å². The Morgan fingerprint density at radius 2 is 1.56 bits per heavy atom. The lowest BCUT2D eigenvalue weighted by molar-refractivity contribution is -0.123. The molecular weight excluding hydrogens is 346 g/mol. The number of anilines is 1. The van der Waals surface area contributed by atoms with Crippen molar-refractivity contribution < 1.29 is 23.8 Å². The van der Waals surface area contributed by atoms with Crippen molar-refractivity contribution in [2.45, 2.75) is 13.0 Å². The molecule has 0 radical (unpaired) electrons. The molecule has 1 N–H and O–H groups in total. The SMILES string of the molecule is COc1cc(OC)cc(C(=O)OC(C)C(=O)Nc2ccc(Cl)cc2)c1. The van der Waals surface area contributed by atoms with E-state index in [4.69, 9.17) is 25.8 Å². The van der Waals surface area contributed by atoms with E-state index < -0.39 is 18.0 Å². The van der Waals surface area contributed by atoms with Crippen molar-refractivity contribution in [3.8, 4) is 11.5 Å². The van der Waals surface area contributed by atoms with Gasteiger partial charge in [-0.05, 0) is 43.3 Å². The van der Waals surface area contributed by atoms with Gasteiger partial charge in [0, 0.05) is 16.8 Å². The van der Waals surface area contributed by atoms with Gasteiger partial charge in [0.1, 0.15) is 11.5 Å². The van der Waals surface area contributed by atoms with Crippen LogP contribution in [0.15, 0.2) is 42.5 Å². The Labute approximate surface area is 150 Å². The number of esters is 1. The highest BCUT2D eigenvalue weighted by Crippen LogP contribution is 2.23. The van der Waals surface area contributed by atoms with Gasteiger partial charge in [0.2, 0.25) is 0 Å². The second-order valence-electron chi connectivity index (χ2n) is 5.15. The molecule has 2 aromatic carbocycles. The molecule has 0 bridgehead atoms. The lowest BCUT2D eigenvalue weighted by Gasteiger charge is -2.14. The Balaban J connectivity index is 2.03. The molecule has 0 aliphatic rings. The van der Waals surface area contributed by atoms with Crippen LogP contribution >= 0.6 is 11.6 Å². The number of ether oxygens (including phenoxy) is 3. The van der Waals surface area contributed by atoms with Crippen LogP contribution in [-0.2, 0) is 9.53 Å². The standard InChI is InChI=1S/C18H18ClNO5/c1-11(17(21)20-14-6-4-13(19)5-7-14)25-18(22)12-8-15(23-2)10-16(9-12)24-3/h4-11H,1-3H3,(H,20,21). The summed E-state index contributed by atoms with van der Waals surface area (Å²) in [7, 11) is 2.96. The van der Waals surface area contributed by atoms with Gasteiger partial charge in [-0.25, -0.2) is 4.79 Å². The summed E-state index contributed by atoms with van der Waals surface area (Å²) in [5, 5.41) is 3.21. The molecule has 0 heterocycles. The minimum atomic E-state index is -0.986. The predicted molar refractivity (Wildman–Crippen MR) is 94.5 cm³/mol. The highest BCUT2D eigenvalue weighted by molar-refractivity contribution is 6.30. The maximum absolute atomic E-state index is 12.3. The molecule has 0 aromatic heterocycles. The number of carbonyl (C=O) groups is 2. The molecule has 2 aromatic rings. The molecule has 0 fully saturated rings. The van der Waals surface area contributed by atoms with Crippen LogP contribution in [0.1, 0.15) is 17.3 Å². The lowest BCUT2D eigenvalue weighted by atomic mass is 10.2. The molecular formula is C18H18ClNO5. The molecule has 0 saturated carbocycles. The number of halogens is 1. The first kappa shape index (κ1) is 18.6. The lowest BCUT2D eigenvalue weighted by Crippen LogP contribution is -2.30. The summed E-state index contributed by atoms with van der Waals surface area (Å²) in [6.45, 7) is 1.49. The van der Waals surface area contributed by atoms with Crippen molar-refractivity contribution in [2.75, 3.05) is 19.5 Å². The summed E-state index contributed by atoms with van der Waals surface area (Å²) in [5.41, 5.74) is 0.780. The van der Waals surface area contributed by atoms with Gasteiger partial charge < -0.3 is 19.5 Å². The third-order valence-electron chi connectivity index (χ3n) is 3.35. The quantitative estimate of drug-likeness (QED) is 0.794. The number of amides is 1. The summed E-state index contributed by atoms with van der Waals surface area (Å²) in [6.07, 6.45) is -0.986. The van der Waals surface area contributed by atoms with E-state index in [9.17, 15) is 9.59 Å². The van der Waals surface area contributed by atoms with Crippen LogP contribution in [0, 0.1) is 0 Å². The Bertz CT molecular complexity index is 738. The maximum atomic E-state index is 12.3. The molecule has 0 aliphatic heterocycles. The summed E-state index contributed by atoms with van der Waals surface area (Å²) < 4.78 is 15.4. The van der Waals surface area contributed by atoms with Crippen molar-refractivity contribution in [2.24, 2.45) is 0 Å². The van der Waals surface area contributed by atoms with Gasteiger partial charge in [-0.15, -0.1) is 0 Å². The minimum absolute atomic E-state index is 0.224. The fourth-order valence-corrected chi connectivity index (χ4v) is 2.11. The Morgan fingerprint density at radius 3 is 2.08 bits per heavy atom. The summed E-state index contributed by atoms with van der Waals surface area (Å²) in [5.74, 6) is -0.212. The van der Waals surface area contributed by atoms with E-state index in [0.717, 1.165) is 0 Å². The molecule has 1 unspecified atom stereocenters. The first-order valence-corrected chi connectivity index (χ1v) is 7.81. The molecule has 0 aliphatic carbocycles. The monoisotopic (exact) mass is 363 g/mol. The molecule has 2 rings (SSSR count). The topological polar surface area (TPSA) is 73.9 Å². The van der Waals surface area contributed by atoms with Gasteiger partial charge in [-0.3, -0.25) is 4.79 Å². The highest BCUT2D eigenvalue weighted by atomic mass is 35.5. The maximum Gasteiger partial charge on any atom is 0.339 e. The first-order valence-electron chi connectivity index (χ1n) is 7.43. The molecule has 0 spiro atoms. The van der Waals surface area contributed by atoms with Crippen LogP contribution < -0.4 is 14.8 Å². The Hall–Kier alpha value is -2.73. The van der Waals surface area contributed by atoms with E-state index in [1.807, 2.05) is 0 Å². The number of nitrogens with one attached hydrogen (secondary N) is 1. The normalized spacial score (nSPS) is 11.4. The average Bonchev–Trinajstić information content (AvgIpc) is 2.62. The van der Waals surface area contributed by atoms with Gasteiger partial charge in [0.15, 0.2) is 6.10 Å². The number of hydrogen-bond acceptors (Lipinski definition) is 5. The summed E-state index contributed by atoms with van der Waals surface area (Å²) in [6, 6.07) is 11.3. The van der Waals surface area contributed by atoms with E-state index in [1.54, 1.807) is 30.3 Å². The van der Waals surface area contributed by atoms with Crippen molar-refractivity contribution in [3.63, 3.8) is 0 Å². The van der Waals surface area contributed by atoms with E-state index in [2.05, 4.69) is 5.32 Å². The Kier molecular flexibility index (Phi) is 6.25. The summed E-state index contributed by atoms with van der Waals surface area (Å²) in [4.78, 5) is 24.4. The van der Waals surface area contributed by atoms with Gasteiger partial charge in [0.25, 0.3) is 5.91 Å². The van der Waals surface area contributed by atoms with Crippen molar-refractivity contribution in [1.82, 2.24) is 0 Å². The van der Waals surface area contributed by atoms with Gasteiger partial charge in [0.05, 0.1) is 19.8 Å². The largest absolute Gasteiger partial charge is 0.497 e. The second kappa shape index (κ2) is 8.39. The molecule has 1 amide bonds. The third-order valence-corrected chi connectivity index (χ3v) is 3.60. The molecule has 6 nitrogen and oxygen atoms in total. The van der Waals surface area contributed by atoms with Gasteiger partial charge in [-0.1, -0.05) is 11.6 Å². The minimum Gasteiger partial charge on any atom is -0.497 e. The van der Waals surface area contributed by atoms with Crippen LogP contribution in [0.2, 0.25) is 5.02 Å². The zero-order chi connectivity index (χ0) is 18.4. The molecule has 25 heavy (non-hydrogen) atoms. The highest BCUT2D eigenvalue weighted by Gasteiger charge is 2.20. The van der Waals surface area contributed by atoms with Crippen LogP contribution in [0.5, 0.6) is 11.5 Å². The van der Waals surface area contributed by atoms with E-state index in [1.165, 1.54) is 33.3 Å². The zero-order valence-corrected chi connectivity index (χ0v) is 14.8. The van der Waals surface area contributed by atoms with Crippen LogP contribution in [0.3, 0.4) is 0 Å². The van der Waals surface area contributed by atoms with Crippen molar-refractivity contribution >= 4 is 29.2 Å². The van der Waals surface area contributed by atoms with Gasteiger partial charge in [-0.2, -0.15) is 0 Å². The molecule has 132 valence electrons. The molecule has 0 saturated heterocycles. The first-order chi connectivity index (χ1) is 11.9. The zero-order valence-electron chi connectivity index (χ0n) is 14.0. The van der Waals surface area contributed by atoms with Crippen molar-refractivity contribution in [1.29, 1.82) is 0 Å². The smallest absolute Gasteiger partial charge is 0.339 e. The van der Waals surface area contributed by atoms with Crippen molar-refractivity contribution in [3.05, 3.63) is 53.1 Å². The number of rotatable bonds is 6. The number of carbonyl (C=O) groups excluding carboxylic acids is 2. The fourth-order valence-electron chi connectivity index (χ4n) is 1.98. The molecule has 1 atom stereocenters. The number of methoxy groups -OCH3 is 2. The fraction of sp³-hybridized carbons (Fsp3) is 0.222. The second-order valence-corrected chi connectivity index (χ2v) is 5.58. The number of benzene rings is 2. The van der Waals surface area contributed by atoms with E-state index >= 15 is 0 Å². The predicted octanol–water partition coefficient (Wildman–Crippen LogP) is 3.54. The van der Waals surface area contributed by atoms with E-state index in [-0.39, 0.29) is 5.56 Å².